The third kappa shape index (κ3) is 9.81. The maximum absolute atomic E-state index is 13.8. The molecule has 0 spiro atoms. The number of benzene rings is 1. The van der Waals surface area contributed by atoms with Gasteiger partial charge in [0.15, 0.2) is 0 Å². The Balaban J connectivity index is 2.13. The van der Waals surface area contributed by atoms with Gasteiger partial charge in [-0.15, -0.1) is 0 Å². The van der Waals surface area contributed by atoms with Gasteiger partial charge in [0.25, 0.3) is 0 Å². The molecule has 1 aromatic carbocycles. The van der Waals surface area contributed by atoms with Gasteiger partial charge in [-0.2, -0.15) is 0 Å². The molecule has 0 fully saturated rings. The molecule has 0 radical (unpaired) electrons. The molecule has 0 aliphatic carbocycles. The Bertz CT molecular complexity index is 1220. The third-order valence-corrected chi connectivity index (χ3v) is 7.86. The van der Waals surface area contributed by atoms with Crippen molar-refractivity contribution in [1.29, 1.82) is 0 Å². The maximum Gasteiger partial charge on any atom is 0.245 e. The minimum Gasteiger partial charge on any atom is -0.361 e. The van der Waals surface area contributed by atoms with Gasteiger partial charge >= 0.3 is 0 Å². The van der Waals surface area contributed by atoms with Crippen LogP contribution in [0.25, 0.3) is 10.9 Å². The molecule has 2 rings (SSSR count). The van der Waals surface area contributed by atoms with E-state index in [0.717, 1.165) is 16.5 Å². The largest absolute Gasteiger partial charge is 0.361 e. The number of carbonyl (C=O) groups is 4. The van der Waals surface area contributed by atoms with E-state index in [-0.39, 0.29) is 41.4 Å². The summed E-state index contributed by atoms with van der Waals surface area (Å²) in [6.45, 7) is 15.8. The van der Waals surface area contributed by atoms with Gasteiger partial charge < -0.3 is 31.2 Å². The minimum atomic E-state index is -0.866. The van der Waals surface area contributed by atoms with Crippen molar-refractivity contribution in [2.45, 2.75) is 92.4 Å². The SMILES string of the molecule is CN[C@H](C(=O)N[C@H](CC(C)C)C(=O)N[C@@H](C(=O)N(C)[C@@H](C(=O)NCCc1c[nH]c2ccccc12)C(C)C)C(C)C)C(C)C. The molecule has 1 heterocycles. The van der Waals surface area contributed by atoms with Crippen molar-refractivity contribution < 1.29 is 19.2 Å². The van der Waals surface area contributed by atoms with Crippen molar-refractivity contribution in [2.75, 3.05) is 20.6 Å². The second-order valence-corrected chi connectivity index (χ2v) is 13.0. The Hall–Kier alpha value is -3.40. The first-order valence-corrected chi connectivity index (χ1v) is 15.6. The number of rotatable bonds is 16. The van der Waals surface area contributed by atoms with Crippen LogP contribution in [0.4, 0.5) is 0 Å². The third-order valence-electron chi connectivity index (χ3n) is 7.86. The predicted molar refractivity (Wildman–Crippen MR) is 172 cm³/mol. The van der Waals surface area contributed by atoms with E-state index in [1.807, 2.05) is 85.9 Å². The Morgan fingerprint density at radius 3 is 2.00 bits per heavy atom. The van der Waals surface area contributed by atoms with Gasteiger partial charge in [-0.1, -0.05) is 73.6 Å². The van der Waals surface area contributed by atoms with Crippen LogP contribution in [-0.4, -0.2) is 78.3 Å². The average Bonchev–Trinajstić information content (AvgIpc) is 3.33. The molecule has 10 heteroatoms. The highest BCUT2D eigenvalue weighted by Crippen LogP contribution is 2.19. The fourth-order valence-corrected chi connectivity index (χ4v) is 5.54. The van der Waals surface area contributed by atoms with Crippen LogP contribution in [-0.2, 0) is 25.6 Å². The molecule has 10 nitrogen and oxygen atoms in total. The van der Waals surface area contributed by atoms with E-state index in [9.17, 15) is 19.2 Å². The van der Waals surface area contributed by atoms with Crippen molar-refractivity contribution in [3.05, 3.63) is 36.0 Å². The molecule has 1 aromatic heterocycles. The molecule has 0 saturated carbocycles. The molecule has 43 heavy (non-hydrogen) atoms. The van der Waals surface area contributed by atoms with Crippen molar-refractivity contribution >= 4 is 34.5 Å². The molecule has 0 unspecified atom stereocenters. The highest BCUT2D eigenvalue weighted by Gasteiger charge is 2.37. The summed E-state index contributed by atoms with van der Waals surface area (Å²) in [6.07, 6.45) is 3.03. The summed E-state index contributed by atoms with van der Waals surface area (Å²) in [6, 6.07) is 5.20. The molecule has 2 aromatic rings. The highest BCUT2D eigenvalue weighted by molar-refractivity contribution is 5.95. The number of fused-ring (bicyclic) bond motifs is 1. The summed E-state index contributed by atoms with van der Waals surface area (Å²) in [4.78, 5) is 58.4. The van der Waals surface area contributed by atoms with E-state index < -0.39 is 30.1 Å². The smallest absolute Gasteiger partial charge is 0.245 e. The van der Waals surface area contributed by atoms with Crippen LogP contribution in [0, 0.1) is 23.7 Å². The van der Waals surface area contributed by atoms with Crippen LogP contribution in [0.1, 0.15) is 67.4 Å². The normalized spacial score (nSPS) is 14.6. The summed E-state index contributed by atoms with van der Waals surface area (Å²) in [5, 5.41) is 12.9. The van der Waals surface area contributed by atoms with Gasteiger partial charge in [0, 0.05) is 30.7 Å². The lowest BCUT2D eigenvalue weighted by molar-refractivity contribution is -0.144. The molecular weight excluding hydrogens is 544 g/mol. The summed E-state index contributed by atoms with van der Waals surface area (Å²) < 4.78 is 0. The number of nitrogens with zero attached hydrogens (tertiary/aromatic N) is 1. The monoisotopic (exact) mass is 598 g/mol. The number of aromatic amines is 1. The second kappa shape index (κ2) is 16.4. The first kappa shape index (κ1) is 35.8. The number of para-hydroxylation sites is 1. The Labute approximate surface area is 257 Å². The lowest BCUT2D eigenvalue weighted by Gasteiger charge is -2.35. The van der Waals surface area contributed by atoms with E-state index in [4.69, 9.17) is 0 Å². The number of amides is 4. The zero-order valence-electron chi connectivity index (χ0n) is 27.7. The molecule has 0 saturated heterocycles. The highest BCUT2D eigenvalue weighted by atomic mass is 16.2. The van der Waals surface area contributed by atoms with Crippen LogP contribution in [0.15, 0.2) is 30.5 Å². The number of nitrogens with one attached hydrogen (secondary N) is 5. The Morgan fingerprint density at radius 1 is 0.814 bits per heavy atom. The fraction of sp³-hybridized carbons (Fsp3) is 0.636. The average molecular weight is 599 g/mol. The van der Waals surface area contributed by atoms with Crippen molar-refractivity contribution in [3.63, 3.8) is 0 Å². The number of carbonyl (C=O) groups excluding carboxylic acids is 4. The van der Waals surface area contributed by atoms with E-state index in [1.54, 1.807) is 14.1 Å². The molecule has 4 atom stereocenters. The van der Waals surface area contributed by atoms with Gasteiger partial charge in [0.1, 0.15) is 18.1 Å². The van der Waals surface area contributed by atoms with Crippen LogP contribution in [0.5, 0.6) is 0 Å². The first-order chi connectivity index (χ1) is 20.2. The molecule has 0 aliphatic heterocycles. The van der Waals surface area contributed by atoms with Crippen LogP contribution in [0.2, 0.25) is 0 Å². The van der Waals surface area contributed by atoms with E-state index in [2.05, 4.69) is 26.3 Å². The van der Waals surface area contributed by atoms with Crippen LogP contribution < -0.4 is 21.3 Å². The van der Waals surface area contributed by atoms with Crippen molar-refractivity contribution in [2.24, 2.45) is 23.7 Å². The Kier molecular flexibility index (Phi) is 13.7. The molecule has 5 N–H and O–H groups in total. The number of likely N-dealkylation sites (N-methyl/N-ethyl adjacent to an activating group) is 2. The molecule has 4 amide bonds. The number of hydrogen-bond acceptors (Lipinski definition) is 5. The van der Waals surface area contributed by atoms with Gasteiger partial charge in [0.2, 0.25) is 23.6 Å². The predicted octanol–water partition coefficient (Wildman–Crippen LogP) is 3.23. The molecule has 240 valence electrons. The Morgan fingerprint density at radius 2 is 1.44 bits per heavy atom. The van der Waals surface area contributed by atoms with Crippen LogP contribution >= 0.6 is 0 Å². The first-order valence-electron chi connectivity index (χ1n) is 15.6. The van der Waals surface area contributed by atoms with E-state index in [0.29, 0.717) is 19.4 Å². The van der Waals surface area contributed by atoms with Gasteiger partial charge in [-0.25, -0.2) is 0 Å². The summed E-state index contributed by atoms with van der Waals surface area (Å²) in [7, 11) is 3.33. The minimum absolute atomic E-state index is 0.0351. The quantitative estimate of drug-likeness (QED) is 0.202. The lowest BCUT2D eigenvalue weighted by Crippen LogP contribution is -2.60. The number of H-pyrrole nitrogens is 1. The van der Waals surface area contributed by atoms with Gasteiger partial charge in [0.05, 0.1) is 6.04 Å². The van der Waals surface area contributed by atoms with Crippen molar-refractivity contribution in [1.82, 2.24) is 31.2 Å². The summed E-state index contributed by atoms with van der Waals surface area (Å²) >= 11 is 0. The topological polar surface area (TPSA) is 135 Å². The van der Waals surface area contributed by atoms with Crippen molar-refractivity contribution in [3.8, 4) is 0 Å². The van der Waals surface area contributed by atoms with Gasteiger partial charge in [-0.3, -0.25) is 19.2 Å². The molecule has 0 bridgehead atoms. The zero-order chi connectivity index (χ0) is 32.4. The molecule has 0 aliphatic rings. The van der Waals surface area contributed by atoms with Crippen LogP contribution in [0.3, 0.4) is 0 Å². The summed E-state index contributed by atoms with van der Waals surface area (Å²) in [5.74, 6) is -1.49. The zero-order valence-corrected chi connectivity index (χ0v) is 27.7. The maximum atomic E-state index is 13.8. The van der Waals surface area contributed by atoms with Gasteiger partial charge in [-0.05, 0) is 55.2 Å². The fourth-order valence-electron chi connectivity index (χ4n) is 5.54. The second-order valence-electron chi connectivity index (χ2n) is 13.0. The summed E-state index contributed by atoms with van der Waals surface area (Å²) in [5.41, 5.74) is 2.16. The number of aromatic nitrogens is 1. The number of hydrogen-bond donors (Lipinski definition) is 5. The molecular formula is C33H54N6O4. The lowest BCUT2D eigenvalue weighted by atomic mass is 9.96. The standard InChI is InChI=1S/C33H54N6O4/c1-19(2)17-26(37-31(41)27(34-9)20(3)4)30(40)38-28(21(5)6)33(43)39(10)29(22(7)8)32(42)35-16-15-23-18-36-25-14-12-11-13-24(23)25/h11-14,18-22,26-29,34,36H,15-17H2,1-10H3,(H,35,42)(H,37,41)(H,38,40)/t26-,27+,28-,29-/m1/s1. The van der Waals surface area contributed by atoms with E-state index in [1.165, 1.54) is 4.90 Å². The van der Waals surface area contributed by atoms with E-state index >= 15 is 0 Å².